The molecule has 2 atom stereocenters. The van der Waals surface area contributed by atoms with Crippen molar-refractivity contribution in [2.45, 2.75) is 64.6 Å². The summed E-state index contributed by atoms with van der Waals surface area (Å²) in [5.74, 6) is 0. The van der Waals surface area contributed by atoms with Crippen molar-refractivity contribution in [3.05, 3.63) is 18.0 Å². The van der Waals surface area contributed by atoms with Gasteiger partial charge in [0, 0.05) is 24.9 Å². The number of rotatable bonds is 7. The highest BCUT2D eigenvalue weighted by atomic mass is 16.5. The number of ether oxygens (including phenoxy) is 1. The fraction of sp³-hybridized carbons (Fsp3) is 0.800. The third-order valence-corrected chi connectivity index (χ3v) is 3.67. The lowest BCUT2D eigenvalue weighted by atomic mass is 9.98. The molecule has 0 aromatic carbocycles. The topological polar surface area (TPSA) is 39.1 Å². The second kappa shape index (κ2) is 7.65. The smallest absolute Gasteiger partial charge is 0.0770 e. The number of aryl methyl sites for hydroxylation is 1. The van der Waals surface area contributed by atoms with Gasteiger partial charge in [-0.15, -0.1) is 0 Å². The van der Waals surface area contributed by atoms with Gasteiger partial charge in [0.05, 0.1) is 18.3 Å². The Bertz CT molecular complexity index is 358. The lowest BCUT2D eigenvalue weighted by Gasteiger charge is -2.30. The second-order valence-corrected chi connectivity index (χ2v) is 5.37. The minimum Gasteiger partial charge on any atom is -0.376 e. The summed E-state index contributed by atoms with van der Waals surface area (Å²) >= 11 is 0. The maximum absolute atomic E-state index is 5.96. The van der Waals surface area contributed by atoms with Gasteiger partial charge in [0.2, 0.25) is 0 Å². The van der Waals surface area contributed by atoms with Crippen LogP contribution in [0, 0.1) is 0 Å². The fourth-order valence-corrected chi connectivity index (χ4v) is 2.68. The lowest BCUT2D eigenvalue weighted by Crippen LogP contribution is -2.36. The molecule has 4 heteroatoms. The van der Waals surface area contributed by atoms with Crippen LogP contribution >= 0.6 is 0 Å². The molecule has 0 radical (unpaired) electrons. The molecular weight excluding hydrogens is 238 g/mol. The average Bonchev–Trinajstić information content (AvgIpc) is 2.89. The van der Waals surface area contributed by atoms with Crippen molar-refractivity contribution in [2.24, 2.45) is 0 Å². The maximum atomic E-state index is 5.96. The molecule has 1 N–H and O–H groups in total. The van der Waals surface area contributed by atoms with Crippen LogP contribution in [0.1, 0.15) is 57.6 Å². The van der Waals surface area contributed by atoms with Crippen LogP contribution in [0.3, 0.4) is 0 Å². The first kappa shape index (κ1) is 14.5. The van der Waals surface area contributed by atoms with E-state index in [0.29, 0.717) is 12.1 Å². The van der Waals surface area contributed by atoms with Gasteiger partial charge in [-0.25, -0.2) is 0 Å². The summed E-state index contributed by atoms with van der Waals surface area (Å²) in [5.41, 5.74) is 1.27. The van der Waals surface area contributed by atoms with Crippen molar-refractivity contribution in [3.63, 3.8) is 0 Å². The summed E-state index contributed by atoms with van der Waals surface area (Å²) in [4.78, 5) is 0. The van der Waals surface area contributed by atoms with Gasteiger partial charge in [-0.3, -0.25) is 4.68 Å². The van der Waals surface area contributed by atoms with Gasteiger partial charge in [-0.05, 0) is 38.6 Å². The Morgan fingerprint density at radius 2 is 2.32 bits per heavy atom. The molecule has 1 fully saturated rings. The van der Waals surface area contributed by atoms with Crippen LogP contribution in [0.15, 0.2) is 12.4 Å². The Hall–Kier alpha value is -0.870. The Morgan fingerprint density at radius 1 is 1.42 bits per heavy atom. The van der Waals surface area contributed by atoms with Crippen LogP contribution in [0.2, 0.25) is 0 Å². The number of hydrogen-bond donors (Lipinski definition) is 1. The molecule has 108 valence electrons. The van der Waals surface area contributed by atoms with Gasteiger partial charge in [0.15, 0.2) is 0 Å². The predicted octanol–water partition coefficient (Wildman–Crippen LogP) is 2.90. The molecule has 0 aliphatic carbocycles. The zero-order chi connectivity index (χ0) is 13.5. The molecule has 0 spiro atoms. The molecule has 1 aromatic heterocycles. The molecule has 1 aliphatic heterocycles. The van der Waals surface area contributed by atoms with E-state index in [1.165, 1.54) is 18.4 Å². The average molecular weight is 265 g/mol. The van der Waals surface area contributed by atoms with E-state index in [0.717, 1.165) is 39.0 Å². The van der Waals surface area contributed by atoms with Crippen LogP contribution in [-0.4, -0.2) is 29.0 Å². The van der Waals surface area contributed by atoms with Gasteiger partial charge in [-0.1, -0.05) is 13.8 Å². The molecule has 0 amide bonds. The van der Waals surface area contributed by atoms with Crippen molar-refractivity contribution in [2.75, 3.05) is 13.2 Å². The summed E-state index contributed by atoms with van der Waals surface area (Å²) in [6.07, 6.45) is 10.4. The van der Waals surface area contributed by atoms with E-state index in [-0.39, 0.29) is 0 Å². The minimum absolute atomic E-state index is 0.297. The summed E-state index contributed by atoms with van der Waals surface area (Å²) in [7, 11) is 0. The van der Waals surface area contributed by atoms with E-state index in [4.69, 9.17) is 4.74 Å². The van der Waals surface area contributed by atoms with Gasteiger partial charge in [-0.2, -0.15) is 5.10 Å². The quantitative estimate of drug-likeness (QED) is 0.824. The SMILES string of the molecule is CCCNC(c1cnn(CCC)c1)C1CCCCO1. The molecule has 19 heavy (non-hydrogen) atoms. The van der Waals surface area contributed by atoms with Crippen LogP contribution in [-0.2, 0) is 11.3 Å². The molecule has 4 nitrogen and oxygen atoms in total. The molecule has 1 saturated heterocycles. The van der Waals surface area contributed by atoms with Crippen molar-refractivity contribution in [3.8, 4) is 0 Å². The lowest BCUT2D eigenvalue weighted by molar-refractivity contribution is -0.00817. The number of hydrogen-bond acceptors (Lipinski definition) is 3. The second-order valence-electron chi connectivity index (χ2n) is 5.37. The first-order valence-electron chi connectivity index (χ1n) is 7.72. The van der Waals surface area contributed by atoms with Crippen LogP contribution in [0.25, 0.3) is 0 Å². The van der Waals surface area contributed by atoms with Gasteiger partial charge in [0.1, 0.15) is 0 Å². The maximum Gasteiger partial charge on any atom is 0.0770 e. The highest BCUT2D eigenvalue weighted by Gasteiger charge is 2.26. The van der Waals surface area contributed by atoms with Crippen molar-refractivity contribution in [1.29, 1.82) is 0 Å². The van der Waals surface area contributed by atoms with E-state index >= 15 is 0 Å². The zero-order valence-corrected chi connectivity index (χ0v) is 12.3. The Morgan fingerprint density at radius 3 is 3.00 bits per heavy atom. The van der Waals surface area contributed by atoms with Crippen LogP contribution < -0.4 is 5.32 Å². The molecule has 1 aromatic rings. The molecule has 2 rings (SSSR count). The van der Waals surface area contributed by atoms with E-state index in [1.54, 1.807) is 0 Å². The summed E-state index contributed by atoms with van der Waals surface area (Å²) < 4.78 is 8.00. The standard InChI is InChI=1S/C15H27N3O/c1-3-8-16-15(14-7-5-6-10-19-14)13-11-17-18(12-13)9-4-2/h11-12,14-16H,3-10H2,1-2H3. The molecular formula is C15H27N3O. The van der Waals surface area contributed by atoms with Crippen LogP contribution in [0.5, 0.6) is 0 Å². The molecule has 2 heterocycles. The van der Waals surface area contributed by atoms with Gasteiger partial charge in [0.25, 0.3) is 0 Å². The third-order valence-electron chi connectivity index (χ3n) is 3.67. The van der Waals surface area contributed by atoms with Crippen molar-refractivity contribution in [1.82, 2.24) is 15.1 Å². The normalized spacial score (nSPS) is 21.5. The third kappa shape index (κ3) is 4.05. The van der Waals surface area contributed by atoms with Crippen molar-refractivity contribution < 1.29 is 4.74 Å². The predicted molar refractivity (Wildman–Crippen MR) is 77.1 cm³/mol. The molecule has 0 saturated carbocycles. The highest BCUT2D eigenvalue weighted by molar-refractivity contribution is 5.13. The van der Waals surface area contributed by atoms with E-state index < -0.39 is 0 Å². The van der Waals surface area contributed by atoms with Gasteiger partial charge < -0.3 is 10.1 Å². The highest BCUT2D eigenvalue weighted by Crippen LogP contribution is 2.26. The Kier molecular flexibility index (Phi) is 5.86. The first-order chi connectivity index (χ1) is 9.35. The van der Waals surface area contributed by atoms with Crippen LogP contribution in [0.4, 0.5) is 0 Å². The molecule has 0 bridgehead atoms. The van der Waals surface area contributed by atoms with E-state index in [9.17, 15) is 0 Å². The molecule has 1 aliphatic rings. The summed E-state index contributed by atoms with van der Waals surface area (Å²) in [6, 6.07) is 0.297. The van der Waals surface area contributed by atoms with Crippen molar-refractivity contribution >= 4 is 0 Å². The first-order valence-corrected chi connectivity index (χ1v) is 7.72. The largest absolute Gasteiger partial charge is 0.376 e. The number of nitrogens with zero attached hydrogens (tertiary/aromatic N) is 2. The number of nitrogens with one attached hydrogen (secondary N) is 1. The fourth-order valence-electron chi connectivity index (χ4n) is 2.68. The van der Waals surface area contributed by atoms with E-state index in [1.807, 2.05) is 10.9 Å². The van der Waals surface area contributed by atoms with E-state index in [2.05, 4.69) is 30.5 Å². The Balaban J connectivity index is 2.05. The number of aromatic nitrogens is 2. The van der Waals surface area contributed by atoms with Gasteiger partial charge >= 0.3 is 0 Å². The minimum atomic E-state index is 0.297. The molecule has 2 unspecified atom stereocenters. The Labute approximate surface area is 116 Å². The monoisotopic (exact) mass is 265 g/mol. The zero-order valence-electron chi connectivity index (χ0n) is 12.3. The summed E-state index contributed by atoms with van der Waals surface area (Å²) in [6.45, 7) is 7.30. The summed E-state index contributed by atoms with van der Waals surface area (Å²) in [5, 5.41) is 8.08.